The number of hydrogen-bond donors (Lipinski definition) is 2. The van der Waals surface area contributed by atoms with Gasteiger partial charge in [0, 0.05) is 18.3 Å². The third-order valence-corrected chi connectivity index (χ3v) is 2.61. The number of carbonyl (C=O) groups excluding carboxylic acids is 1. The summed E-state index contributed by atoms with van der Waals surface area (Å²) in [5.41, 5.74) is 6.48. The molecule has 0 aliphatic carbocycles. The van der Waals surface area contributed by atoms with Crippen LogP contribution < -0.4 is 11.1 Å². The third kappa shape index (κ3) is 3.62. The number of nitrogens with one attached hydrogen (secondary N) is 1. The Hall–Kier alpha value is -1.42. The summed E-state index contributed by atoms with van der Waals surface area (Å²) in [6, 6.07) is 3.81. The highest BCUT2D eigenvalue weighted by molar-refractivity contribution is 5.78. The molecule has 16 heavy (non-hydrogen) atoms. The van der Waals surface area contributed by atoms with E-state index in [9.17, 15) is 4.79 Å². The first-order valence-electron chi connectivity index (χ1n) is 5.55. The van der Waals surface area contributed by atoms with Crippen molar-refractivity contribution < 1.29 is 4.79 Å². The van der Waals surface area contributed by atoms with Crippen LogP contribution in [0, 0.1) is 5.92 Å². The fraction of sp³-hybridized carbons (Fsp3) is 0.500. The van der Waals surface area contributed by atoms with Crippen LogP contribution in [0.2, 0.25) is 0 Å². The Morgan fingerprint density at radius 2 is 2.06 bits per heavy atom. The number of amides is 1. The second-order valence-electron chi connectivity index (χ2n) is 3.99. The van der Waals surface area contributed by atoms with E-state index < -0.39 is 0 Å². The van der Waals surface area contributed by atoms with Crippen LogP contribution in [0.25, 0.3) is 0 Å². The molecule has 0 radical (unpaired) electrons. The van der Waals surface area contributed by atoms with Crippen molar-refractivity contribution in [3.63, 3.8) is 0 Å². The fourth-order valence-electron chi connectivity index (χ4n) is 1.47. The highest BCUT2D eigenvalue weighted by Gasteiger charge is 2.14. The number of carbonyl (C=O) groups is 1. The molecule has 2 atom stereocenters. The molecule has 0 aromatic carbocycles. The molecule has 1 aromatic rings. The zero-order valence-corrected chi connectivity index (χ0v) is 9.81. The fourth-order valence-corrected chi connectivity index (χ4v) is 1.47. The summed E-state index contributed by atoms with van der Waals surface area (Å²) in [7, 11) is 0. The average molecular weight is 221 g/mol. The number of hydrogen-bond acceptors (Lipinski definition) is 3. The first-order chi connectivity index (χ1) is 7.65. The van der Waals surface area contributed by atoms with Gasteiger partial charge in [0.15, 0.2) is 0 Å². The lowest BCUT2D eigenvalue weighted by Gasteiger charge is -2.17. The molecule has 4 nitrogen and oxygen atoms in total. The minimum Gasteiger partial charge on any atom is -0.349 e. The molecule has 1 heterocycles. The maximum atomic E-state index is 11.7. The van der Waals surface area contributed by atoms with E-state index in [1.165, 1.54) is 0 Å². The van der Waals surface area contributed by atoms with Crippen molar-refractivity contribution >= 4 is 5.91 Å². The minimum atomic E-state index is -0.0331. The third-order valence-electron chi connectivity index (χ3n) is 2.61. The SMILES string of the molecule is CC(CCN)C(=O)N[C@@H](C)c1ccncc1. The van der Waals surface area contributed by atoms with E-state index in [2.05, 4.69) is 10.3 Å². The first-order valence-corrected chi connectivity index (χ1v) is 5.55. The van der Waals surface area contributed by atoms with Crippen molar-refractivity contribution in [3.8, 4) is 0 Å². The van der Waals surface area contributed by atoms with Crippen molar-refractivity contribution in [2.75, 3.05) is 6.54 Å². The molecule has 0 bridgehead atoms. The van der Waals surface area contributed by atoms with E-state index in [0.29, 0.717) is 6.54 Å². The van der Waals surface area contributed by atoms with Gasteiger partial charge >= 0.3 is 0 Å². The predicted molar refractivity (Wildman–Crippen MR) is 63.6 cm³/mol. The normalized spacial score (nSPS) is 14.2. The summed E-state index contributed by atoms with van der Waals surface area (Å²) in [5.74, 6) is 0.0176. The predicted octanol–water partition coefficient (Wildman–Crippen LogP) is 1.24. The summed E-state index contributed by atoms with van der Waals surface area (Å²) < 4.78 is 0. The van der Waals surface area contributed by atoms with Crippen LogP contribution in [0.4, 0.5) is 0 Å². The Bertz CT molecular complexity index is 326. The summed E-state index contributed by atoms with van der Waals surface area (Å²) in [5, 5.41) is 2.96. The lowest BCUT2D eigenvalue weighted by molar-refractivity contribution is -0.125. The molecular weight excluding hydrogens is 202 g/mol. The number of rotatable bonds is 5. The van der Waals surface area contributed by atoms with E-state index in [0.717, 1.165) is 12.0 Å². The molecule has 0 spiro atoms. The minimum absolute atomic E-state index is 0.00993. The zero-order valence-electron chi connectivity index (χ0n) is 9.81. The lowest BCUT2D eigenvalue weighted by Crippen LogP contribution is -2.32. The largest absolute Gasteiger partial charge is 0.349 e. The van der Waals surface area contributed by atoms with E-state index in [1.54, 1.807) is 12.4 Å². The second kappa shape index (κ2) is 6.23. The molecule has 0 saturated carbocycles. The number of nitrogens with two attached hydrogens (primary N) is 1. The Morgan fingerprint density at radius 1 is 1.44 bits per heavy atom. The van der Waals surface area contributed by atoms with Crippen LogP contribution in [0.1, 0.15) is 31.9 Å². The first kappa shape index (κ1) is 12.6. The van der Waals surface area contributed by atoms with Crippen LogP contribution in [0.3, 0.4) is 0 Å². The van der Waals surface area contributed by atoms with Crippen LogP contribution in [-0.2, 0) is 4.79 Å². The van der Waals surface area contributed by atoms with Gasteiger partial charge in [0.2, 0.25) is 5.91 Å². The van der Waals surface area contributed by atoms with Gasteiger partial charge in [-0.3, -0.25) is 9.78 Å². The smallest absolute Gasteiger partial charge is 0.223 e. The van der Waals surface area contributed by atoms with Gasteiger partial charge in [-0.05, 0) is 37.6 Å². The highest BCUT2D eigenvalue weighted by atomic mass is 16.1. The van der Waals surface area contributed by atoms with Gasteiger partial charge in [-0.15, -0.1) is 0 Å². The molecule has 3 N–H and O–H groups in total. The Labute approximate surface area is 96.3 Å². The average Bonchev–Trinajstić information content (AvgIpc) is 2.30. The zero-order chi connectivity index (χ0) is 12.0. The molecule has 1 aromatic heterocycles. The molecule has 4 heteroatoms. The maximum Gasteiger partial charge on any atom is 0.223 e. The molecule has 0 aliphatic heterocycles. The van der Waals surface area contributed by atoms with E-state index in [-0.39, 0.29) is 17.9 Å². The molecule has 88 valence electrons. The topological polar surface area (TPSA) is 68.0 Å². The molecular formula is C12H19N3O. The summed E-state index contributed by atoms with van der Waals surface area (Å²) >= 11 is 0. The van der Waals surface area contributed by atoms with Gasteiger partial charge in [-0.1, -0.05) is 6.92 Å². The molecule has 1 unspecified atom stereocenters. The van der Waals surface area contributed by atoms with Crippen molar-refractivity contribution in [2.24, 2.45) is 11.7 Å². The maximum absolute atomic E-state index is 11.7. The molecule has 1 rings (SSSR count). The standard InChI is InChI=1S/C12H19N3O/c1-9(3-6-13)12(16)15-10(2)11-4-7-14-8-5-11/h4-5,7-10H,3,6,13H2,1-2H3,(H,15,16)/t9?,10-/m0/s1. The highest BCUT2D eigenvalue weighted by Crippen LogP contribution is 2.11. The lowest BCUT2D eigenvalue weighted by atomic mass is 10.1. The van der Waals surface area contributed by atoms with Crippen molar-refractivity contribution in [3.05, 3.63) is 30.1 Å². The second-order valence-corrected chi connectivity index (χ2v) is 3.99. The number of aromatic nitrogens is 1. The van der Waals surface area contributed by atoms with Gasteiger partial charge in [-0.25, -0.2) is 0 Å². The van der Waals surface area contributed by atoms with Crippen LogP contribution >= 0.6 is 0 Å². The Morgan fingerprint density at radius 3 is 2.62 bits per heavy atom. The van der Waals surface area contributed by atoms with Gasteiger partial charge < -0.3 is 11.1 Å². The van der Waals surface area contributed by atoms with E-state index in [1.807, 2.05) is 26.0 Å². The quantitative estimate of drug-likeness (QED) is 0.786. The van der Waals surface area contributed by atoms with Crippen molar-refractivity contribution in [2.45, 2.75) is 26.3 Å². The molecule has 0 fully saturated rings. The van der Waals surface area contributed by atoms with Crippen LogP contribution in [0.5, 0.6) is 0 Å². The molecule has 1 amide bonds. The summed E-state index contributed by atoms with van der Waals surface area (Å²) in [4.78, 5) is 15.7. The van der Waals surface area contributed by atoms with E-state index >= 15 is 0 Å². The van der Waals surface area contributed by atoms with Gasteiger partial charge in [0.1, 0.15) is 0 Å². The van der Waals surface area contributed by atoms with Crippen molar-refractivity contribution in [1.82, 2.24) is 10.3 Å². The Balaban J connectivity index is 2.51. The van der Waals surface area contributed by atoms with Gasteiger partial charge in [-0.2, -0.15) is 0 Å². The Kier molecular flexibility index (Phi) is 4.92. The molecule has 0 aliphatic rings. The molecule has 0 saturated heterocycles. The van der Waals surface area contributed by atoms with Crippen LogP contribution in [-0.4, -0.2) is 17.4 Å². The monoisotopic (exact) mass is 221 g/mol. The number of nitrogens with zero attached hydrogens (tertiary/aromatic N) is 1. The number of pyridine rings is 1. The summed E-state index contributed by atoms with van der Waals surface area (Å²) in [6.07, 6.45) is 4.16. The summed E-state index contributed by atoms with van der Waals surface area (Å²) in [6.45, 7) is 4.39. The van der Waals surface area contributed by atoms with E-state index in [4.69, 9.17) is 5.73 Å². The van der Waals surface area contributed by atoms with Crippen molar-refractivity contribution in [1.29, 1.82) is 0 Å². The van der Waals surface area contributed by atoms with Crippen LogP contribution in [0.15, 0.2) is 24.5 Å². The van der Waals surface area contributed by atoms with Gasteiger partial charge in [0.25, 0.3) is 0 Å². The van der Waals surface area contributed by atoms with Gasteiger partial charge in [0.05, 0.1) is 6.04 Å².